The lowest BCUT2D eigenvalue weighted by Gasteiger charge is -2.63. The van der Waals surface area contributed by atoms with E-state index >= 15 is 0 Å². The van der Waals surface area contributed by atoms with Gasteiger partial charge in [0.05, 0.1) is 6.10 Å². The van der Waals surface area contributed by atoms with Gasteiger partial charge in [-0.15, -0.1) is 0 Å². The molecular formula is C33H61IO2Si2. The van der Waals surface area contributed by atoms with E-state index < -0.39 is 16.6 Å². The van der Waals surface area contributed by atoms with Crippen LogP contribution in [0.2, 0.25) is 36.3 Å². The molecule has 0 amide bonds. The Balaban J connectivity index is 1.61. The molecule has 0 bridgehead atoms. The summed E-state index contributed by atoms with van der Waals surface area (Å²) in [6.07, 6.45) is 15.5. The number of rotatable bonds is 6. The largest absolute Gasteiger partial charge is 0.414 e. The highest BCUT2D eigenvalue weighted by atomic mass is 127. The fraction of sp³-hybridized carbons (Fsp3) is 0.939. The molecule has 0 aromatic carbocycles. The molecule has 0 radical (unpaired) electrons. The summed E-state index contributed by atoms with van der Waals surface area (Å²) in [6.45, 7) is 29.5. The highest BCUT2D eigenvalue weighted by Crippen LogP contribution is 2.70. The van der Waals surface area contributed by atoms with E-state index in [4.69, 9.17) is 8.85 Å². The molecule has 220 valence electrons. The molecule has 0 saturated heterocycles. The van der Waals surface area contributed by atoms with Crippen molar-refractivity contribution in [1.29, 1.82) is 0 Å². The van der Waals surface area contributed by atoms with Crippen LogP contribution in [0.25, 0.3) is 0 Å². The summed E-state index contributed by atoms with van der Waals surface area (Å²) in [6, 6.07) is 0. The second-order valence-electron chi connectivity index (χ2n) is 17.4. The second-order valence-corrected chi connectivity index (χ2v) is 28.0. The third kappa shape index (κ3) is 5.15. The molecule has 5 heteroatoms. The van der Waals surface area contributed by atoms with Crippen LogP contribution in [-0.2, 0) is 8.85 Å². The maximum atomic E-state index is 7.19. The summed E-state index contributed by atoms with van der Waals surface area (Å²) in [7, 11) is -3.53. The van der Waals surface area contributed by atoms with Crippen molar-refractivity contribution in [3.63, 3.8) is 0 Å². The number of fused-ring (bicyclic) bond motifs is 5. The van der Waals surface area contributed by atoms with Gasteiger partial charge < -0.3 is 8.85 Å². The predicted octanol–water partition coefficient (Wildman–Crippen LogP) is 10.9. The van der Waals surface area contributed by atoms with E-state index in [9.17, 15) is 0 Å². The SMILES string of the molecule is CC(C)(C)[Si](C)(C)O[C@H]1CC[C@]2(C)C3=CC[C@@]4(C)C(CC[C@@H]4O[Si](C)(C)C(C)(C)C)C3CC[C@]2(CCI)C1. The highest BCUT2D eigenvalue weighted by molar-refractivity contribution is 14.1. The monoisotopic (exact) mass is 672 g/mol. The molecule has 0 aliphatic heterocycles. The molecular weight excluding hydrogens is 611 g/mol. The van der Waals surface area contributed by atoms with Crippen molar-refractivity contribution < 1.29 is 8.85 Å². The van der Waals surface area contributed by atoms with Gasteiger partial charge in [-0.2, -0.15) is 0 Å². The van der Waals surface area contributed by atoms with Gasteiger partial charge in [0.25, 0.3) is 0 Å². The number of alkyl halides is 1. The van der Waals surface area contributed by atoms with Gasteiger partial charge in [-0.3, -0.25) is 0 Å². The molecule has 4 rings (SSSR count). The first-order valence-electron chi connectivity index (χ1n) is 15.9. The smallest absolute Gasteiger partial charge is 0.192 e. The van der Waals surface area contributed by atoms with Crippen LogP contribution in [0.4, 0.5) is 0 Å². The van der Waals surface area contributed by atoms with Crippen LogP contribution in [0.5, 0.6) is 0 Å². The molecule has 38 heavy (non-hydrogen) atoms. The molecule has 4 aliphatic rings. The zero-order chi connectivity index (χ0) is 28.6. The zero-order valence-corrected chi connectivity index (χ0v) is 31.3. The molecule has 2 unspecified atom stereocenters. The number of halogens is 1. The lowest BCUT2D eigenvalue weighted by atomic mass is 9.43. The third-order valence-corrected chi connectivity index (χ3v) is 22.9. The van der Waals surface area contributed by atoms with Crippen molar-refractivity contribution in [2.75, 3.05) is 4.43 Å². The Kier molecular flexibility index (Phi) is 8.54. The predicted molar refractivity (Wildman–Crippen MR) is 178 cm³/mol. The van der Waals surface area contributed by atoms with Crippen molar-refractivity contribution in [3.8, 4) is 0 Å². The quantitative estimate of drug-likeness (QED) is 0.121. The van der Waals surface area contributed by atoms with Gasteiger partial charge >= 0.3 is 0 Å². The Labute approximate surface area is 252 Å². The molecule has 0 heterocycles. The van der Waals surface area contributed by atoms with Gasteiger partial charge in [-0.25, -0.2) is 0 Å². The third-order valence-electron chi connectivity index (χ3n) is 13.4. The minimum Gasteiger partial charge on any atom is -0.414 e. The van der Waals surface area contributed by atoms with Gasteiger partial charge in [0.15, 0.2) is 16.6 Å². The fourth-order valence-electron chi connectivity index (χ4n) is 8.70. The first-order valence-corrected chi connectivity index (χ1v) is 23.2. The lowest BCUT2D eigenvalue weighted by molar-refractivity contribution is -0.0824. The van der Waals surface area contributed by atoms with Crippen molar-refractivity contribution >= 4 is 39.2 Å². The Morgan fingerprint density at radius 3 is 2.05 bits per heavy atom. The minimum absolute atomic E-state index is 0.277. The minimum atomic E-state index is -1.78. The van der Waals surface area contributed by atoms with Crippen molar-refractivity contribution in [1.82, 2.24) is 0 Å². The van der Waals surface area contributed by atoms with Crippen molar-refractivity contribution in [2.24, 2.45) is 28.1 Å². The van der Waals surface area contributed by atoms with Gasteiger partial charge in [0, 0.05) is 10.5 Å². The van der Waals surface area contributed by atoms with Crippen LogP contribution in [0, 0.1) is 28.1 Å². The molecule has 4 aliphatic carbocycles. The van der Waals surface area contributed by atoms with E-state index in [1.165, 1.54) is 62.2 Å². The molecule has 0 aromatic heterocycles. The summed E-state index contributed by atoms with van der Waals surface area (Å²) in [5.41, 5.74) is 2.93. The van der Waals surface area contributed by atoms with Crippen LogP contribution in [0.15, 0.2) is 11.6 Å². The fourth-order valence-corrected chi connectivity index (χ4v) is 12.6. The summed E-state index contributed by atoms with van der Waals surface area (Å²) >= 11 is 2.66. The van der Waals surface area contributed by atoms with E-state index in [1.54, 1.807) is 0 Å². The second kappa shape index (κ2) is 10.2. The number of allylic oxidation sites excluding steroid dienone is 2. The Hall–Kier alpha value is 0.824. The molecule has 0 aromatic rings. The average molecular weight is 673 g/mol. The van der Waals surface area contributed by atoms with E-state index in [-0.39, 0.29) is 10.1 Å². The number of hydrogen-bond donors (Lipinski definition) is 0. The molecule has 3 fully saturated rings. The molecule has 2 nitrogen and oxygen atoms in total. The first-order chi connectivity index (χ1) is 17.2. The summed E-state index contributed by atoms with van der Waals surface area (Å²) in [5, 5.41) is 0.559. The lowest BCUT2D eigenvalue weighted by Crippen LogP contribution is -2.57. The normalized spacial score (nSPS) is 40.3. The maximum absolute atomic E-state index is 7.19. The van der Waals surface area contributed by atoms with Gasteiger partial charge in [0.2, 0.25) is 0 Å². The van der Waals surface area contributed by atoms with E-state index in [0.717, 1.165) is 11.8 Å². The molecule has 0 N–H and O–H groups in total. The Bertz CT molecular complexity index is 915. The van der Waals surface area contributed by atoms with Gasteiger partial charge in [0.1, 0.15) is 0 Å². The van der Waals surface area contributed by atoms with E-state index in [2.05, 4.69) is 110 Å². The van der Waals surface area contributed by atoms with Crippen LogP contribution < -0.4 is 0 Å². The number of hydrogen-bond acceptors (Lipinski definition) is 2. The Morgan fingerprint density at radius 2 is 1.47 bits per heavy atom. The standard InChI is InChI=1S/C33H61IO2Si2/c1-29(2,3)37(9,10)35-24-15-19-32(8)27-17-18-31(7)26(25(27)16-20-33(32,23-24)21-22-34)13-14-28(31)36-38(11,12)30(4,5)6/h17,24-26,28H,13-16,18-23H2,1-12H3/t24-,25?,26?,28-,31-,32+,33-/m0/s1. The van der Waals surface area contributed by atoms with Gasteiger partial charge in [-0.05, 0) is 122 Å². The summed E-state index contributed by atoms with van der Waals surface area (Å²) in [4.78, 5) is 0. The molecule has 0 spiro atoms. The first kappa shape index (κ1) is 31.8. The average Bonchev–Trinajstić information content (AvgIpc) is 3.08. The maximum Gasteiger partial charge on any atom is 0.192 e. The van der Waals surface area contributed by atoms with Crippen LogP contribution in [0.3, 0.4) is 0 Å². The zero-order valence-electron chi connectivity index (χ0n) is 27.2. The topological polar surface area (TPSA) is 18.5 Å². The van der Waals surface area contributed by atoms with Gasteiger partial charge in [-0.1, -0.05) is 89.6 Å². The molecule has 7 atom stereocenters. The Morgan fingerprint density at radius 1 is 0.868 bits per heavy atom. The van der Waals surface area contributed by atoms with Crippen LogP contribution in [0.1, 0.15) is 113 Å². The van der Waals surface area contributed by atoms with E-state index in [0.29, 0.717) is 28.5 Å². The van der Waals surface area contributed by atoms with Crippen molar-refractivity contribution in [2.45, 2.75) is 162 Å². The summed E-state index contributed by atoms with van der Waals surface area (Å²) in [5.74, 6) is 1.57. The van der Waals surface area contributed by atoms with E-state index in [1.807, 2.05) is 5.57 Å². The summed E-state index contributed by atoms with van der Waals surface area (Å²) < 4.78 is 15.6. The highest BCUT2D eigenvalue weighted by Gasteiger charge is 2.63. The van der Waals surface area contributed by atoms with Crippen LogP contribution in [-0.4, -0.2) is 33.3 Å². The molecule has 3 saturated carbocycles. The van der Waals surface area contributed by atoms with Crippen molar-refractivity contribution in [3.05, 3.63) is 11.6 Å². The van der Waals surface area contributed by atoms with Crippen LogP contribution >= 0.6 is 22.6 Å².